The highest BCUT2D eigenvalue weighted by Gasteiger charge is 2.22. The van der Waals surface area contributed by atoms with Gasteiger partial charge in [0.25, 0.3) is 0 Å². The fourth-order valence-electron chi connectivity index (χ4n) is 1.61. The summed E-state index contributed by atoms with van der Waals surface area (Å²) in [7, 11) is -3.54. The van der Waals surface area contributed by atoms with Crippen molar-refractivity contribution in [1.29, 1.82) is 5.26 Å². The van der Waals surface area contributed by atoms with Gasteiger partial charge in [-0.2, -0.15) is 5.26 Å². The van der Waals surface area contributed by atoms with Crippen LogP contribution < -0.4 is 4.72 Å². The Balaban J connectivity index is 2.94. The fraction of sp³-hybridized carbons (Fsp3) is 0.462. The molecule has 0 fully saturated rings. The van der Waals surface area contributed by atoms with E-state index in [1.165, 1.54) is 0 Å². The molecule has 1 N–H and O–H groups in total. The van der Waals surface area contributed by atoms with Gasteiger partial charge in [0.05, 0.1) is 16.9 Å². The van der Waals surface area contributed by atoms with E-state index in [1.807, 2.05) is 13.8 Å². The minimum absolute atomic E-state index is 0.233. The molecule has 0 aliphatic heterocycles. The number of nitrogens with one attached hydrogen (secondary N) is 1. The third-order valence-electron chi connectivity index (χ3n) is 2.88. The molecular weight excluding hydrogens is 248 g/mol. The Hall–Kier alpha value is -1.38. The molecule has 0 aliphatic carbocycles. The fourth-order valence-corrected chi connectivity index (χ4v) is 3.01. The Morgan fingerprint density at radius 2 is 1.89 bits per heavy atom. The number of aryl methyl sites for hydroxylation is 1. The summed E-state index contributed by atoms with van der Waals surface area (Å²) in [6.07, 6.45) is 0.583. The minimum Gasteiger partial charge on any atom is -0.207 e. The Labute approximate surface area is 109 Å². The first-order valence-electron chi connectivity index (χ1n) is 5.89. The Morgan fingerprint density at radius 3 is 2.33 bits per heavy atom. The average Bonchev–Trinajstić information content (AvgIpc) is 2.35. The normalized spacial score (nSPS) is 14.8. The average molecular weight is 266 g/mol. The molecule has 0 amide bonds. The molecule has 0 aromatic heterocycles. The van der Waals surface area contributed by atoms with Crippen molar-refractivity contribution in [2.45, 2.75) is 38.1 Å². The van der Waals surface area contributed by atoms with E-state index in [-0.39, 0.29) is 16.9 Å². The number of nitriles is 1. The van der Waals surface area contributed by atoms with Gasteiger partial charge in [-0.3, -0.25) is 0 Å². The SMILES string of the molecule is CCC(NS(=O)(=O)c1ccc(C)cc1)C(C)C#N. The van der Waals surface area contributed by atoms with Crippen LogP contribution in [0.4, 0.5) is 0 Å². The molecule has 0 radical (unpaired) electrons. The summed E-state index contributed by atoms with van der Waals surface area (Å²) in [4.78, 5) is 0.233. The molecule has 2 atom stereocenters. The molecule has 1 rings (SSSR count). The lowest BCUT2D eigenvalue weighted by atomic mass is 10.0. The van der Waals surface area contributed by atoms with Gasteiger partial charge in [-0.25, -0.2) is 13.1 Å². The van der Waals surface area contributed by atoms with E-state index in [2.05, 4.69) is 10.8 Å². The monoisotopic (exact) mass is 266 g/mol. The van der Waals surface area contributed by atoms with Gasteiger partial charge in [-0.05, 0) is 32.4 Å². The summed E-state index contributed by atoms with van der Waals surface area (Å²) in [5, 5.41) is 8.86. The van der Waals surface area contributed by atoms with Crippen LogP contribution in [0.3, 0.4) is 0 Å². The maximum atomic E-state index is 12.1. The molecule has 0 bridgehead atoms. The van der Waals surface area contributed by atoms with Gasteiger partial charge in [0.1, 0.15) is 0 Å². The topological polar surface area (TPSA) is 70.0 Å². The van der Waals surface area contributed by atoms with Crippen molar-refractivity contribution in [2.75, 3.05) is 0 Å². The van der Waals surface area contributed by atoms with Crippen LogP contribution >= 0.6 is 0 Å². The van der Waals surface area contributed by atoms with Crippen molar-refractivity contribution in [3.63, 3.8) is 0 Å². The minimum atomic E-state index is -3.54. The summed E-state index contributed by atoms with van der Waals surface area (Å²) in [6, 6.07) is 8.36. The third-order valence-corrected chi connectivity index (χ3v) is 4.39. The van der Waals surface area contributed by atoms with Gasteiger partial charge in [0, 0.05) is 6.04 Å². The third kappa shape index (κ3) is 3.56. The van der Waals surface area contributed by atoms with Crippen molar-refractivity contribution in [1.82, 2.24) is 4.72 Å². The largest absolute Gasteiger partial charge is 0.240 e. The Morgan fingerprint density at radius 1 is 1.33 bits per heavy atom. The quantitative estimate of drug-likeness (QED) is 0.888. The highest BCUT2D eigenvalue weighted by molar-refractivity contribution is 7.89. The highest BCUT2D eigenvalue weighted by atomic mass is 32.2. The predicted octanol–water partition coefficient (Wildman–Crippen LogP) is 2.21. The Bertz CT molecular complexity index is 529. The van der Waals surface area contributed by atoms with Crippen LogP contribution in [-0.2, 0) is 10.0 Å². The van der Waals surface area contributed by atoms with Crippen LogP contribution in [0.5, 0.6) is 0 Å². The highest BCUT2D eigenvalue weighted by Crippen LogP contribution is 2.14. The number of sulfonamides is 1. The summed E-state index contributed by atoms with van der Waals surface area (Å²) in [5.74, 6) is -0.352. The van der Waals surface area contributed by atoms with E-state index in [4.69, 9.17) is 5.26 Å². The van der Waals surface area contributed by atoms with E-state index < -0.39 is 10.0 Å². The second-order valence-corrected chi connectivity index (χ2v) is 6.08. The smallest absolute Gasteiger partial charge is 0.207 e. The molecule has 4 nitrogen and oxygen atoms in total. The maximum absolute atomic E-state index is 12.1. The van der Waals surface area contributed by atoms with E-state index in [0.717, 1.165) is 5.56 Å². The molecule has 18 heavy (non-hydrogen) atoms. The van der Waals surface area contributed by atoms with Gasteiger partial charge in [-0.1, -0.05) is 24.6 Å². The van der Waals surface area contributed by atoms with E-state index in [1.54, 1.807) is 31.2 Å². The van der Waals surface area contributed by atoms with Gasteiger partial charge in [-0.15, -0.1) is 0 Å². The van der Waals surface area contributed by atoms with Crippen LogP contribution in [0, 0.1) is 24.2 Å². The number of hydrogen-bond donors (Lipinski definition) is 1. The first-order chi connectivity index (χ1) is 8.40. The summed E-state index contributed by atoms with van der Waals surface area (Å²) < 4.78 is 26.8. The molecule has 2 unspecified atom stereocenters. The van der Waals surface area contributed by atoms with E-state index >= 15 is 0 Å². The lowest BCUT2D eigenvalue weighted by Gasteiger charge is -2.18. The number of hydrogen-bond acceptors (Lipinski definition) is 3. The standard InChI is InChI=1S/C13H18N2O2S/c1-4-13(11(3)9-14)15-18(16,17)12-7-5-10(2)6-8-12/h5-8,11,13,15H,4H2,1-3H3. The molecule has 5 heteroatoms. The number of rotatable bonds is 5. The zero-order chi connectivity index (χ0) is 13.8. The van der Waals surface area contributed by atoms with Gasteiger partial charge < -0.3 is 0 Å². The molecule has 1 aromatic carbocycles. The van der Waals surface area contributed by atoms with E-state index in [0.29, 0.717) is 6.42 Å². The van der Waals surface area contributed by atoms with Crippen molar-refractivity contribution in [2.24, 2.45) is 5.92 Å². The molecular formula is C13H18N2O2S. The van der Waals surface area contributed by atoms with Gasteiger partial charge in [0.2, 0.25) is 10.0 Å². The zero-order valence-electron chi connectivity index (χ0n) is 10.8. The van der Waals surface area contributed by atoms with Gasteiger partial charge >= 0.3 is 0 Å². The number of benzene rings is 1. The van der Waals surface area contributed by atoms with Crippen LogP contribution in [0.25, 0.3) is 0 Å². The second-order valence-electron chi connectivity index (χ2n) is 4.37. The molecule has 1 aromatic rings. The summed E-state index contributed by atoms with van der Waals surface area (Å²) in [6.45, 7) is 5.47. The summed E-state index contributed by atoms with van der Waals surface area (Å²) >= 11 is 0. The lowest BCUT2D eigenvalue weighted by Crippen LogP contribution is -2.38. The first-order valence-corrected chi connectivity index (χ1v) is 7.37. The van der Waals surface area contributed by atoms with Gasteiger partial charge in [0.15, 0.2) is 0 Å². The molecule has 0 heterocycles. The maximum Gasteiger partial charge on any atom is 0.240 e. The van der Waals surface area contributed by atoms with E-state index in [9.17, 15) is 8.42 Å². The van der Waals surface area contributed by atoms with Crippen LogP contribution in [0.15, 0.2) is 29.2 Å². The zero-order valence-corrected chi connectivity index (χ0v) is 11.7. The van der Waals surface area contributed by atoms with Crippen molar-refractivity contribution in [3.8, 4) is 6.07 Å². The van der Waals surface area contributed by atoms with Crippen molar-refractivity contribution >= 4 is 10.0 Å². The van der Waals surface area contributed by atoms with Crippen LogP contribution in [-0.4, -0.2) is 14.5 Å². The predicted molar refractivity (Wildman–Crippen MR) is 70.4 cm³/mol. The Kier molecular flexibility index (Phi) is 4.88. The molecule has 0 spiro atoms. The molecule has 0 saturated carbocycles. The van der Waals surface area contributed by atoms with Crippen molar-refractivity contribution < 1.29 is 8.42 Å². The van der Waals surface area contributed by atoms with Crippen LogP contribution in [0.2, 0.25) is 0 Å². The van der Waals surface area contributed by atoms with Crippen LogP contribution in [0.1, 0.15) is 25.8 Å². The molecule has 0 saturated heterocycles. The molecule has 0 aliphatic rings. The summed E-state index contributed by atoms with van der Waals surface area (Å²) in [5.41, 5.74) is 1.01. The second kappa shape index (κ2) is 5.98. The number of nitrogens with zero attached hydrogens (tertiary/aromatic N) is 1. The molecule has 98 valence electrons. The van der Waals surface area contributed by atoms with Crippen molar-refractivity contribution in [3.05, 3.63) is 29.8 Å². The first kappa shape index (κ1) is 14.7. The lowest BCUT2D eigenvalue weighted by molar-refractivity contribution is 0.476.